The van der Waals surface area contributed by atoms with Gasteiger partial charge >= 0.3 is 0 Å². The number of aromatic amines is 1. The van der Waals surface area contributed by atoms with E-state index in [2.05, 4.69) is 25.6 Å². The van der Waals surface area contributed by atoms with Crippen molar-refractivity contribution in [2.24, 2.45) is 0 Å². The second-order valence-electron chi connectivity index (χ2n) is 4.68. The quantitative estimate of drug-likeness (QED) is 0.761. The topological polar surface area (TPSA) is 88.5 Å². The Morgan fingerprint density at radius 1 is 1.33 bits per heavy atom. The lowest BCUT2D eigenvalue weighted by atomic mass is 10.2. The molecule has 0 atom stereocenters. The van der Waals surface area contributed by atoms with Gasteiger partial charge < -0.3 is 5.32 Å². The third kappa shape index (κ3) is 3.14. The Balaban J connectivity index is 1.65. The van der Waals surface area contributed by atoms with Crippen molar-refractivity contribution in [2.45, 2.75) is 13.5 Å². The van der Waals surface area contributed by atoms with Gasteiger partial charge in [-0.2, -0.15) is 10.2 Å². The lowest BCUT2D eigenvalue weighted by Gasteiger charge is -2.05. The highest BCUT2D eigenvalue weighted by molar-refractivity contribution is 6.02. The first-order valence-electron chi connectivity index (χ1n) is 6.45. The van der Waals surface area contributed by atoms with E-state index in [1.165, 1.54) is 6.33 Å². The number of carbonyl (C=O) groups excluding carboxylic acids is 1. The van der Waals surface area contributed by atoms with Gasteiger partial charge in [-0.05, 0) is 30.7 Å². The van der Waals surface area contributed by atoms with Crippen LogP contribution in [0.4, 0.5) is 5.69 Å². The molecule has 0 spiro atoms. The average Bonchev–Trinajstić information content (AvgIpc) is 3.12. The van der Waals surface area contributed by atoms with Crippen LogP contribution in [0.5, 0.6) is 0 Å². The van der Waals surface area contributed by atoms with E-state index in [9.17, 15) is 4.79 Å². The predicted octanol–water partition coefficient (Wildman–Crippen LogP) is 1.61. The van der Waals surface area contributed by atoms with Gasteiger partial charge in [0.25, 0.3) is 5.91 Å². The molecular weight excluding hydrogens is 268 g/mol. The molecule has 2 N–H and O–H groups in total. The van der Waals surface area contributed by atoms with Crippen LogP contribution < -0.4 is 5.32 Å². The van der Waals surface area contributed by atoms with E-state index in [0.29, 0.717) is 12.2 Å². The van der Waals surface area contributed by atoms with Gasteiger partial charge in [-0.15, -0.1) is 0 Å². The summed E-state index contributed by atoms with van der Waals surface area (Å²) in [6.07, 6.45) is 3.16. The second-order valence-corrected chi connectivity index (χ2v) is 4.68. The summed E-state index contributed by atoms with van der Waals surface area (Å²) in [4.78, 5) is 15.8. The van der Waals surface area contributed by atoms with Crippen LogP contribution in [0.1, 0.15) is 21.7 Å². The first-order chi connectivity index (χ1) is 10.2. The number of hydrogen-bond acceptors (Lipinski definition) is 4. The minimum Gasteiger partial charge on any atom is -0.321 e. The first kappa shape index (κ1) is 13.0. The van der Waals surface area contributed by atoms with Crippen LogP contribution in [-0.4, -0.2) is 30.9 Å². The van der Waals surface area contributed by atoms with Crippen molar-refractivity contribution in [3.8, 4) is 0 Å². The smallest absolute Gasteiger partial charge is 0.276 e. The zero-order chi connectivity index (χ0) is 14.7. The van der Waals surface area contributed by atoms with Gasteiger partial charge in [-0.3, -0.25) is 9.89 Å². The highest BCUT2D eigenvalue weighted by Gasteiger charge is 2.09. The van der Waals surface area contributed by atoms with Crippen LogP contribution in [0, 0.1) is 6.92 Å². The number of nitrogens with zero attached hydrogens (tertiary/aromatic N) is 4. The number of carbonyl (C=O) groups is 1. The van der Waals surface area contributed by atoms with Crippen molar-refractivity contribution in [1.82, 2.24) is 25.0 Å². The summed E-state index contributed by atoms with van der Waals surface area (Å²) >= 11 is 0. The Morgan fingerprint density at radius 2 is 2.14 bits per heavy atom. The molecule has 2 heterocycles. The fourth-order valence-corrected chi connectivity index (χ4v) is 1.92. The fourth-order valence-electron chi connectivity index (χ4n) is 1.92. The van der Waals surface area contributed by atoms with Crippen LogP contribution in [0.15, 0.2) is 43.0 Å². The molecule has 0 aliphatic rings. The summed E-state index contributed by atoms with van der Waals surface area (Å²) in [5.41, 5.74) is 3.03. The molecule has 0 fully saturated rings. The summed E-state index contributed by atoms with van der Waals surface area (Å²) in [7, 11) is 0. The molecule has 0 unspecified atom stereocenters. The molecule has 1 amide bonds. The molecule has 0 saturated heterocycles. The molecule has 3 aromatic rings. The average molecular weight is 282 g/mol. The third-order valence-electron chi connectivity index (χ3n) is 2.96. The van der Waals surface area contributed by atoms with Gasteiger partial charge in [0.1, 0.15) is 12.7 Å². The minimum absolute atomic E-state index is 0.233. The Morgan fingerprint density at radius 3 is 2.76 bits per heavy atom. The maximum atomic E-state index is 12.0. The summed E-state index contributed by atoms with van der Waals surface area (Å²) < 4.78 is 1.74. The molecule has 0 saturated carbocycles. The Hall–Kier alpha value is -2.96. The van der Waals surface area contributed by atoms with Gasteiger partial charge in [0, 0.05) is 11.4 Å². The highest BCUT2D eigenvalue weighted by atomic mass is 16.1. The van der Waals surface area contributed by atoms with E-state index in [1.54, 1.807) is 17.1 Å². The normalized spacial score (nSPS) is 10.5. The minimum atomic E-state index is -0.233. The van der Waals surface area contributed by atoms with Crippen LogP contribution in [0.25, 0.3) is 0 Å². The summed E-state index contributed by atoms with van der Waals surface area (Å²) in [6.45, 7) is 2.50. The van der Waals surface area contributed by atoms with Crippen molar-refractivity contribution in [2.75, 3.05) is 5.32 Å². The van der Waals surface area contributed by atoms with E-state index in [-0.39, 0.29) is 5.91 Å². The number of nitrogens with one attached hydrogen (secondary N) is 2. The molecule has 3 rings (SSSR count). The molecule has 0 aliphatic heterocycles. The van der Waals surface area contributed by atoms with Crippen molar-refractivity contribution in [3.63, 3.8) is 0 Å². The van der Waals surface area contributed by atoms with E-state index < -0.39 is 0 Å². The maximum Gasteiger partial charge on any atom is 0.276 e. The summed E-state index contributed by atoms with van der Waals surface area (Å²) in [6, 6.07) is 9.28. The Kier molecular flexibility index (Phi) is 3.46. The Labute approximate surface area is 121 Å². The van der Waals surface area contributed by atoms with Gasteiger partial charge in [-0.25, -0.2) is 9.67 Å². The number of anilines is 1. The Bertz CT molecular complexity index is 729. The van der Waals surface area contributed by atoms with Crippen molar-refractivity contribution in [3.05, 3.63) is 59.9 Å². The molecule has 106 valence electrons. The third-order valence-corrected chi connectivity index (χ3v) is 2.96. The van der Waals surface area contributed by atoms with Gasteiger partial charge in [-0.1, -0.05) is 12.1 Å². The molecular formula is C14H14N6O. The van der Waals surface area contributed by atoms with Crippen LogP contribution in [-0.2, 0) is 6.54 Å². The van der Waals surface area contributed by atoms with Gasteiger partial charge in [0.2, 0.25) is 0 Å². The molecule has 7 nitrogen and oxygen atoms in total. The predicted molar refractivity (Wildman–Crippen MR) is 76.8 cm³/mol. The number of aryl methyl sites for hydroxylation is 1. The molecule has 21 heavy (non-hydrogen) atoms. The second kappa shape index (κ2) is 5.58. The number of benzene rings is 1. The molecule has 1 aromatic carbocycles. The maximum absolute atomic E-state index is 12.0. The summed E-state index contributed by atoms with van der Waals surface area (Å²) in [5.74, 6) is -0.233. The van der Waals surface area contributed by atoms with Crippen LogP contribution in [0.3, 0.4) is 0 Å². The van der Waals surface area contributed by atoms with Crippen LogP contribution in [0.2, 0.25) is 0 Å². The molecule has 0 bridgehead atoms. The first-order valence-corrected chi connectivity index (χ1v) is 6.45. The summed E-state index contributed by atoms with van der Waals surface area (Å²) in [5, 5.41) is 13.5. The number of H-pyrrole nitrogens is 1. The molecule has 0 radical (unpaired) electrons. The van der Waals surface area contributed by atoms with Crippen molar-refractivity contribution in [1.29, 1.82) is 0 Å². The SMILES string of the molecule is Cc1cc(C(=O)Nc2ccc(Cn3cncn3)cc2)n[nH]1. The molecule has 0 aliphatic carbocycles. The highest BCUT2D eigenvalue weighted by Crippen LogP contribution is 2.12. The van der Waals surface area contributed by atoms with E-state index in [1.807, 2.05) is 31.2 Å². The number of hydrogen-bond donors (Lipinski definition) is 2. The number of rotatable bonds is 4. The lowest BCUT2D eigenvalue weighted by Crippen LogP contribution is -2.12. The molecule has 7 heteroatoms. The van der Waals surface area contributed by atoms with Crippen LogP contribution >= 0.6 is 0 Å². The largest absolute Gasteiger partial charge is 0.321 e. The van der Waals surface area contributed by atoms with Gasteiger partial charge in [0.15, 0.2) is 5.69 Å². The van der Waals surface area contributed by atoms with E-state index in [0.717, 1.165) is 16.9 Å². The monoisotopic (exact) mass is 282 g/mol. The number of aromatic nitrogens is 5. The fraction of sp³-hybridized carbons (Fsp3) is 0.143. The van der Waals surface area contributed by atoms with Gasteiger partial charge in [0.05, 0.1) is 6.54 Å². The molecule has 2 aromatic heterocycles. The van der Waals surface area contributed by atoms with Crippen molar-refractivity contribution < 1.29 is 4.79 Å². The zero-order valence-electron chi connectivity index (χ0n) is 11.4. The van der Waals surface area contributed by atoms with E-state index in [4.69, 9.17) is 0 Å². The lowest BCUT2D eigenvalue weighted by molar-refractivity contribution is 0.102. The van der Waals surface area contributed by atoms with Crippen molar-refractivity contribution >= 4 is 11.6 Å². The zero-order valence-corrected chi connectivity index (χ0v) is 11.4. The van der Waals surface area contributed by atoms with E-state index >= 15 is 0 Å². The number of amides is 1. The standard InChI is InChI=1S/C14H14N6O/c1-10-6-13(19-18-10)14(21)17-12-4-2-11(3-5-12)7-20-9-15-8-16-20/h2-6,8-9H,7H2,1H3,(H,17,21)(H,18,19).